The molecule has 6 nitrogen and oxygen atoms in total. The lowest BCUT2D eigenvalue weighted by atomic mass is 9.92. The average molecular weight is 387 g/mol. The van der Waals surface area contributed by atoms with Gasteiger partial charge in [-0.2, -0.15) is 0 Å². The van der Waals surface area contributed by atoms with Gasteiger partial charge in [-0.3, -0.25) is 14.4 Å². The smallest absolute Gasteiger partial charge is 0.245 e. The van der Waals surface area contributed by atoms with Crippen LogP contribution < -0.4 is 5.32 Å². The monoisotopic (exact) mass is 387 g/mol. The highest BCUT2D eigenvalue weighted by Crippen LogP contribution is 2.24. The summed E-state index contributed by atoms with van der Waals surface area (Å²) in [5.74, 6) is -0.853. The van der Waals surface area contributed by atoms with Gasteiger partial charge < -0.3 is 15.1 Å². The summed E-state index contributed by atoms with van der Waals surface area (Å²) in [6.07, 6.45) is 4.08. The molecule has 7 heteroatoms. The van der Waals surface area contributed by atoms with Crippen LogP contribution in [-0.4, -0.2) is 53.7 Å². The maximum Gasteiger partial charge on any atom is 0.245 e. The van der Waals surface area contributed by atoms with Gasteiger partial charge in [0.15, 0.2) is 0 Å². The summed E-state index contributed by atoms with van der Waals surface area (Å²) < 4.78 is 13.0. The van der Waals surface area contributed by atoms with Crippen LogP contribution in [0.15, 0.2) is 36.9 Å². The quantitative estimate of drug-likeness (QED) is 0.807. The van der Waals surface area contributed by atoms with E-state index in [-0.39, 0.29) is 35.4 Å². The van der Waals surface area contributed by atoms with E-state index in [2.05, 4.69) is 11.9 Å². The molecule has 2 heterocycles. The zero-order chi connectivity index (χ0) is 20.1. The normalized spacial score (nSPS) is 20.5. The molecule has 2 saturated heterocycles. The third-order valence-corrected chi connectivity index (χ3v) is 5.55. The van der Waals surface area contributed by atoms with Crippen molar-refractivity contribution in [3.63, 3.8) is 0 Å². The topological polar surface area (TPSA) is 69.7 Å². The number of anilines is 1. The zero-order valence-corrected chi connectivity index (χ0v) is 15.9. The van der Waals surface area contributed by atoms with Gasteiger partial charge in [0.2, 0.25) is 17.7 Å². The van der Waals surface area contributed by atoms with E-state index < -0.39 is 0 Å². The van der Waals surface area contributed by atoms with Crippen molar-refractivity contribution in [3.05, 3.63) is 42.7 Å². The number of carbonyl (C=O) groups excluding carboxylic acids is 3. The van der Waals surface area contributed by atoms with Crippen LogP contribution in [0, 0.1) is 17.7 Å². The van der Waals surface area contributed by atoms with E-state index in [1.807, 2.05) is 4.90 Å². The van der Waals surface area contributed by atoms with Gasteiger partial charge >= 0.3 is 0 Å². The Morgan fingerprint density at radius 2 is 1.68 bits per heavy atom. The van der Waals surface area contributed by atoms with Crippen LogP contribution in [0.4, 0.5) is 10.1 Å². The number of amides is 3. The van der Waals surface area contributed by atoms with E-state index >= 15 is 0 Å². The standard InChI is InChI=1S/C21H26FN3O3/c1-2-19(26)25-11-3-4-16(14-25)21(28)24-12-9-15(10-13-24)20(27)23-18-7-5-17(22)6-8-18/h2,5-8,15-16H,1,3-4,9-14H2,(H,23,27). The number of hydrogen-bond donors (Lipinski definition) is 1. The van der Waals surface area contributed by atoms with E-state index in [1.165, 1.54) is 30.3 Å². The summed E-state index contributed by atoms with van der Waals surface area (Å²) in [5.41, 5.74) is 0.569. The maximum absolute atomic E-state index is 13.0. The highest BCUT2D eigenvalue weighted by molar-refractivity contribution is 5.93. The number of nitrogens with one attached hydrogen (secondary N) is 1. The van der Waals surface area contributed by atoms with E-state index in [4.69, 9.17) is 0 Å². The van der Waals surface area contributed by atoms with E-state index in [0.717, 1.165) is 12.8 Å². The molecule has 0 aliphatic carbocycles. The first kappa shape index (κ1) is 20.0. The van der Waals surface area contributed by atoms with Crippen molar-refractivity contribution in [2.45, 2.75) is 25.7 Å². The lowest BCUT2D eigenvalue weighted by Crippen LogP contribution is -2.49. The molecule has 0 bridgehead atoms. The predicted octanol–water partition coefficient (Wildman–Crippen LogP) is 2.43. The average Bonchev–Trinajstić information content (AvgIpc) is 2.74. The number of hydrogen-bond acceptors (Lipinski definition) is 3. The fraction of sp³-hybridized carbons (Fsp3) is 0.476. The van der Waals surface area contributed by atoms with Crippen molar-refractivity contribution in [1.82, 2.24) is 9.80 Å². The Morgan fingerprint density at radius 1 is 1.00 bits per heavy atom. The first-order valence-corrected chi connectivity index (χ1v) is 9.74. The molecule has 1 N–H and O–H groups in total. The minimum atomic E-state index is -0.346. The Balaban J connectivity index is 1.49. The summed E-state index contributed by atoms with van der Waals surface area (Å²) in [7, 11) is 0. The maximum atomic E-state index is 13.0. The molecule has 0 saturated carbocycles. The van der Waals surface area contributed by atoms with Crippen molar-refractivity contribution in [3.8, 4) is 0 Å². The van der Waals surface area contributed by atoms with Crippen LogP contribution >= 0.6 is 0 Å². The SMILES string of the molecule is C=CC(=O)N1CCCC(C(=O)N2CCC(C(=O)Nc3ccc(F)cc3)CC2)C1. The van der Waals surface area contributed by atoms with Crippen LogP contribution in [0.5, 0.6) is 0 Å². The van der Waals surface area contributed by atoms with Gasteiger partial charge in [0, 0.05) is 37.8 Å². The second-order valence-corrected chi connectivity index (χ2v) is 7.42. The number of nitrogens with zero attached hydrogens (tertiary/aromatic N) is 2. The van der Waals surface area contributed by atoms with Gasteiger partial charge in [-0.15, -0.1) is 0 Å². The Bertz CT molecular complexity index is 742. The molecule has 1 atom stereocenters. The summed E-state index contributed by atoms with van der Waals surface area (Å²) in [6.45, 7) is 5.69. The van der Waals surface area contributed by atoms with Crippen molar-refractivity contribution in [2.75, 3.05) is 31.5 Å². The third-order valence-electron chi connectivity index (χ3n) is 5.55. The molecule has 3 rings (SSSR count). The first-order valence-electron chi connectivity index (χ1n) is 9.74. The van der Waals surface area contributed by atoms with Crippen LogP contribution in [0.1, 0.15) is 25.7 Å². The lowest BCUT2D eigenvalue weighted by Gasteiger charge is -2.37. The number of carbonyl (C=O) groups is 3. The molecule has 0 radical (unpaired) electrons. The molecule has 1 aromatic carbocycles. The van der Waals surface area contributed by atoms with Crippen molar-refractivity contribution < 1.29 is 18.8 Å². The molecule has 150 valence electrons. The Morgan fingerprint density at radius 3 is 2.32 bits per heavy atom. The summed E-state index contributed by atoms with van der Waals surface area (Å²) in [6, 6.07) is 5.68. The Labute approximate surface area is 164 Å². The zero-order valence-electron chi connectivity index (χ0n) is 15.9. The van der Waals surface area contributed by atoms with Crippen molar-refractivity contribution >= 4 is 23.4 Å². The molecule has 1 aromatic rings. The minimum Gasteiger partial charge on any atom is -0.342 e. The van der Waals surface area contributed by atoms with Crippen LogP contribution in [0.25, 0.3) is 0 Å². The van der Waals surface area contributed by atoms with Gasteiger partial charge in [-0.25, -0.2) is 4.39 Å². The number of halogens is 1. The van der Waals surface area contributed by atoms with Gasteiger partial charge in [0.05, 0.1) is 5.92 Å². The van der Waals surface area contributed by atoms with Crippen LogP contribution in [0.2, 0.25) is 0 Å². The van der Waals surface area contributed by atoms with Gasteiger partial charge in [-0.1, -0.05) is 6.58 Å². The molecule has 28 heavy (non-hydrogen) atoms. The molecule has 2 aliphatic heterocycles. The molecular formula is C21H26FN3O3. The fourth-order valence-electron chi connectivity index (χ4n) is 3.91. The van der Waals surface area contributed by atoms with Crippen LogP contribution in [0.3, 0.4) is 0 Å². The Kier molecular flexibility index (Phi) is 6.44. The number of piperidine rings is 2. The first-order chi connectivity index (χ1) is 13.5. The van der Waals surface area contributed by atoms with Gasteiger partial charge in [0.25, 0.3) is 0 Å². The summed E-state index contributed by atoms with van der Waals surface area (Å²) in [5, 5.41) is 2.81. The largest absolute Gasteiger partial charge is 0.342 e. The van der Waals surface area contributed by atoms with Crippen molar-refractivity contribution in [1.29, 1.82) is 0 Å². The van der Waals surface area contributed by atoms with Crippen LogP contribution in [-0.2, 0) is 14.4 Å². The predicted molar refractivity (Wildman–Crippen MR) is 104 cm³/mol. The highest BCUT2D eigenvalue weighted by Gasteiger charge is 2.33. The number of rotatable bonds is 4. The van der Waals surface area contributed by atoms with E-state index in [1.54, 1.807) is 4.90 Å². The molecule has 0 aromatic heterocycles. The van der Waals surface area contributed by atoms with Crippen molar-refractivity contribution in [2.24, 2.45) is 11.8 Å². The lowest BCUT2D eigenvalue weighted by molar-refractivity contribution is -0.141. The van der Waals surface area contributed by atoms with E-state index in [9.17, 15) is 18.8 Å². The number of benzene rings is 1. The van der Waals surface area contributed by atoms with Gasteiger partial charge in [0.1, 0.15) is 5.82 Å². The Hall–Kier alpha value is -2.70. The number of likely N-dealkylation sites (tertiary alicyclic amines) is 2. The summed E-state index contributed by atoms with van der Waals surface area (Å²) >= 11 is 0. The third kappa shape index (κ3) is 4.77. The molecule has 3 amide bonds. The molecule has 0 spiro atoms. The molecular weight excluding hydrogens is 361 g/mol. The molecule has 2 aliphatic rings. The fourth-order valence-corrected chi connectivity index (χ4v) is 3.91. The highest BCUT2D eigenvalue weighted by atomic mass is 19.1. The molecule has 1 unspecified atom stereocenters. The minimum absolute atomic E-state index is 0.0685. The second kappa shape index (κ2) is 8.99. The summed E-state index contributed by atoms with van der Waals surface area (Å²) in [4.78, 5) is 40.6. The van der Waals surface area contributed by atoms with E-state index in [0.29, 0.717) is 44.7 Å². The van der Waals surface area contributed by atoms with Gasteiger partial charge in [-0.05, 0) is 56.0 Å². The second-order valence-electron chi connectivity index (χ2n) is 7.42. The molecule has 2 fully saturated rings.